The molecule has 0 amide bonds. The highest BCUT2D eigenvalue weighted by Crippen LogP contribution is 2.41. The van der Waals surface area contributed by atoms with Crippen LogP contribution < -0.4 is 10.7 Å². The van der Waals surface area contributed by atoms with Crippen LogP contribution in [-0.4, -0.2) is 27.7 Å². The van der Waals surface area contributed by atoms with E-state index in [1.54, 1.807) is 6.07 Å². The number of nitrogens with zero attached hydrogens (tertiary/aromatic N) is 2. The SMILES string of the molecule is CNc1cc2c(cn1)-c1ccc3c(=O)c(C(=O)O)cn(C4CC4)c3c1COC2. The lowest BCUT2D eigenvalue weighted by atomic mass is 9.95. The molecule has 1 aliphatic carbocycles. The number of carbonyl (C=O) groups is 1. The van der Waals surface area contributed by atoms with Crippen LogP contribution in [0.3, 0.4) is 0 Å². The van der Waals surface area contributed by atoms with Gasteiger partial charge in [0.2, 0.25) is 5.43 Å². The van der Waals surface area contributed by atoms with Crippen LogP contribution >= 0.6 is 0 Å². The Morgan fingerprint density at radius 1 is 1.29 bits per heavy atom. The van der Waals surface area contributed by atoms with Gasteiger partial charge in [-0.2, -0.15) is 0 Å². The highest BCUT2D eigenvalue weighted by molar-refractivity contribution is 5.96. The topological polar surface area (TPSA) is 93.5 Å². The van der Waals surface area contributed by atoms with Gasteiger partial charge >= 0.3 is 5.97 Å². The van der Waals surface area contributed by atoms with Crippen LogP contribution in [0, 0.1) is 0 Å². The summed E-state index contributed by atoms with van der Waals surface area (Å²) >= 11 is 0. The van der Waals surface area contributed by atoms with E-state index >= 15 is 0 Å². The zero-order chi connectivity index (χ0) is 19.4. The molecule has 0 radical (unpaired) electrons. The van der Waals surface area contributed by atoms with E-state index in [1.807, 2.05) is 29.9 Å². The number of hydrogen-bond acceptors (Lipinski definition) is 5. The van der Waals surface area contributed by atoms with E-state index in [0.717, 1.165) is 46.4 Å². The zero-order valence-corrected chi connectivity index (χ0v) is 15.4. The predicted octanol–water partition coefficient (Wildman–Crippen LogP) is 3.17. The Labute approximate surface area is 160 Å². The molecule has 7 nitrogen and oxygen atoms in total. The van der Waals surface area contributed by atoms with E-state index in [1.165, 1.54) is 6.20 Å². The molecule has 5 rings (SSSR count). The molecule has 2 N–H and O–H groups in total. The minimum absolute atomic E-state index is 0.186. The zero-order valence-electron chi connectivity index (χ0n) is 15.4. The number of carboxylic acids is 1. The highest BCUT2D eigenvalue weighted by Gasteiger charge is 2.29. The van der Waals surface area contributed by atoms with E-state index in [4.69, 9.17) is 4.74 Å². The van der Waals surface area contributed by atoms with Crippen molar-refractivity contribution in [3.63, 3.8) is 0 Å². The number of nitrogens with one attached hydrogen (secondary N) is 1. The summed E-state index contributed by atoms with van der Waals surface area (Å²) in [7, 11) is 1.82. The van der Waals surface area contributed by atoms with Crippen molar-refractivity contribution in [1.82, 2.24) is 9.55 Å². The quantitative estimate of drug-likeness (QED) is 0.728. The Balaban J connectivity index is 1.84. The maximum Gasteiger partial charge on any atom is 0.341 e. The molecule has 0 saturated heterocycles. The van der Waals surface area contributed by atoms with Crippen molar-refractivity contribution in [2.24, 2.45) is 0 Å². The Bertz CT molecular complexity index is 1190. The number of carboxylic acid groups (broad SMARTS) is 1. The van der Waals surface area contributed by atoms with Crippen molar-refractivity contribution in [2.45, 2.75) is 32.1 Å². The summed E-state index contributed by atoms with van der Waals surface area (Å²) in [6.45, 7) is 0.804. The molecule has 7 heteroatoms. The molecule has 0 unspecified atom stereocenters. The molecular weight excluding hydrogens is 358 g/mol. The van der Waals surface area contributed by atoms with Crippen molar-refractivity contribution >= 4 is 22.7 Å². The second-order valence-corrected chi connectivity index (χ2v) is 7.27. The highest BCUT2D eigenvalue weighted by atomic mass is 16.5. The second kappa shape index (κ2) is 6.17. The molecule has 1 aromatic carbocycles. The number of benzene rings is 1. The third kappa shape index (κ3) is 2.51. The summed E-state index contributed by atoms with van der Waals surface area (Å²) in [5.74, 6) is -0.422. The molecule has 0 bridgehead atoms. The standard InChI is InChI=1S/C21H19N3O4/c1-22-18-6-11-9-28-10-17-13(15(11)7-23-18)4-5-14-19(17)24(12-2-3-12)8-16(20(14)25)21(26)27/h4-8,12H,2-3,9-10H2,1H3,(H,22,23)(H,26,27). The number of anilines is 1. The van der Waals surface area contributed by atoms with Crippen LogP contribution in [0.2, 0.25) is 0 Å². The predicted molar refractivity (Wildman–Crippen MR) is 105 cm³/mol. The van der Waals surface area contributed by atoms with E-state index in [0.29, 0.717) is 18.6 Å². The molecule has 0 spiro atoms. The minimum Gasteiger partial charge on any atom is -0.477 e. The lowest BCUT2D eigenvalue weighted by Crippen LogP contribution is -2.19. The molecule has 142 valence electrons. The number of aromatic carboxylic acids is 1. The molecule has 2 aromatic heterocycles. The maximum atomic E-state index is 12.8. The van der Waals surface area contributed by atoms with Crippen LogP contribution in [0.1, 0.15) is 40.4 Å². The van der Waals surface area contributed by atoms with Crippen molar-refractivity contribution in [2.75, 3.05) is 12.4 Å². The van der Waals surface area contributed by atoms with Gasteiger partial charge in [-0.15, -0.1) is 0 Å². The molecule has 2 aliphatic rings. The van der Waals surface area contributed by atoms with Gasteiger partial charge in [-0.3, -0.25) is 4.79 Å². The Morgan fingerprint density at radius 3 is 2.82 bits per heavy atom. The lowest BCUT2D eigenvalue weighted by molar-refractivity contribution is 0.0695. The number of aromatic nitrogens is 2. The summed E-state index contributed by atoms with van der Waals surface area (Å²) in [6, 6.07) is 5.81. The van der Waals surface area contributed by atoms with Gasteiger partial charge in [0.15, 0.2) is 0 Å². The van der Waals surface area contributed by atoms with Crippen molar-refractivity contribution < 1.29 is 14.6 Å². The van der Waals surface area contributed by atoms with Crippen LogP contribution in [-0.2, 0) is 18.0 Å². The third-order valence-electron chi connectivity index (χ3n) is 5.51. The van der Waals surface area contributed by atoms with Crippen LogP contribution in [0.15, 0.2) is 35.4 Å². The molecule has 1 fully saturated rings. The largest absolute Gasteiger partial charge is 0.477 e. The average Bonchev–Trinajstić information content (AvgIpc) is 3.54. The third-order valence-corrected chi connectivity index (χ3v) is 5.51. The number of pyridine rings is 2. The fourth-order valence-electron chi connectivity index (χ4n) is 3.97. The Morgan fingerprint density at radius 2 is 2.11 bits per heavy atom. The van der Waals surface area contributed by atoms with Gasteiger partial charge in [-0.25, -0.2) is 9.78 Å². The molecule has 0 atom stereocenters. The minimum atomic E-state index is -1.19. The second-order valence-electron chi connectivity index (χ2n) is 7.27. The fraction of sp³-hybridized carbons (Fsp3) is 0.286. The fourth-order valence-corrected chi connectivity index (χ4v) is 3.97. The lowest BCUT2D eigenvalue weighted by Gasteiger charge is -2.17. The van der Waals surface area contributed by atoms with E-state index in [2.05, 4.69) is 10.3 Å². The number of rotatable bonds is 3. The summed E-state index contributed by atoms with van der Waals surface area (Å²) in [4.78, 5) is 28.8. The van der Waals surface area contributed by atoms with Gasteiger partial charge in [-0.1, -0.05) is 6.07 Å². The van der Waals surface area contributed by atoms with Crippen LogP contribution in [0.5, 0.6) is 0 Å². The van der Waals surface area contributed by atoms with Gasteiger partial charge in [0.25, 0.3) is 0 Å². The summed E-state index contributed by atoms with van der Waals surface area (Å²) in [5, 5.41) is 12.9. The van der Waals surface area contributed by atoms with E-state index in [9.17, 15) is 14.7 Å². The number of ether oxygens (including phenoxy) is 1. The molecule has 1 aliphatic heterocycles. The molecule has 1 saturated carbocycles. The molecular formula is C21H19N3O4. The normalized spacial score (nSPS) is 15.6. The van der Waals surface area contributed by atoms with Gasteiger partial charge in [0.1, 0.15) is 11.4 Å². The molecule has 3 aromatic rings. The van der Waals surface area contributed by atoms with Crippen molar-refractivity contribution in [3.8, 4) is 11.1 Å². The monoisotopic (exact) mass is 377 g/mol. The molecule has 28 heavy (non-hydrogen) atoms. The summed E-state index contributed by atoms with van der Waals surface area (Å²) in [5.41, 5.74) is 4.04. The van der Waals surface area contributed by atoms with Gasteiger partial charge in [0.05, 0.1) is 18.7 Å². The first-order valence-corrected chi connectivity index (χ1v) is 9.27. The van der Waals surface area contributed by atoms with Gasteiger partial charge in [0, 0.05) is 42.0 Å². The summed E-state index contributed by atoms with van der Waals surface area (Å²) < 4.78 is 7.90. The first kappa shape index (κ1) is 16.9. The average molecular weight is 377 g/mol. The van der Waals surface area contributed by atoms with Crippen LogP contribution in [0.4, 0.5) is 5.82 Å². The van der Waals surface area contributed by atoms with E-state index in [-0.39, 0.29) is 11.6 Å². The Kier molecular flexibility index (Phi) is 3.73. The molecule has 3 heterocycles. The van der Waals surface area contributed by atoms with Gasteiger partial charge in [-0.05, 0) is 36.1 Å². The van der Waals surface area contributed by atoms with Crippen molar-refractivity contribution in [3.05, 3.63) is 57.5 Å². The number of hydrogen-bond donors (Lipinski definition) is 2. The number of fused-ring (bicyclic) bond motifs is 5. The Hall–Kier alpha value is -3.19. The first-order chi connectivity index (χ1) is 13.6. The maximum absolute atomic E-state index is 12.8. The first-order valence-electron chi connectivity index (χ1n) is 9.27. The van der Waals surface area contributed by atoms with Crippen molar-refractivity contribution in [1.29, 1.82) is 0 Å². The summed E-state index contributed by atoms with van der Waals surface area (Å²) in [6.07, 6.45) is 5.28. The smallest absolute Gasteiger partial charge is 0.341 e. The van der Waals surface area contributed by atoms with Gasteiger partial charge < -0.3 is 19.7 Å². The van der Waals surface area contributed by atoms with Crippen LogP contribution in [0.25, 0.3) is 22.0 Å². The van der Waals surface area contributed by atoms with E-state index < -0.39 is 11.4 Å².